The molecule has 3 aliphatic rings. The lowest BCUT2D eigenvalue weighted by Crippen LogP contribution is -2.50. The fraction of sp³-hybridized carbons (Fsp3) is 0.440. The predicted molar refractivity (Wildman–Crippen MR) is 132 cm³/mol. The first-order valence-corrected chi connectivity index (χ1v) is 12.4. The minimum Gasteiger partial charge on any atom is -0.466 e. The lowest BCUT2D eigenvalue weighted by molar-refractivity contribution is -0.138. The largest absolute Gasteiger partial charge is 0.466 e. The van der Waals surface area contributed by atoms with Gasteiger partial charge in [-0.25, -0.2) is 9.79 Å². The molecule has 1 aromatic rings. The van der Waals surface area contributed by atoms with E-state index in [1.165, 1.54) is 18.9 Å². The molecular formula is C25H30N4O4S. The van der Waals surface area contributed by atoms with Gasteiger partial charge in [-0.15, -0.1) is 0 Å². The van der Waals surface area contributed by atoms with Crippen molar-refractivity contribution < 1.29 is 19.1 Å². The molecule has 1 unspecified atom stereocenters. The lowest BCUT2D eigenvalue weighted by atomic mass is 9.92. The molecule has 1 fully saturated rings. The Morgan fingerprint density at radius 1 is 1.15 bits per heavy atom. The van der Waals surface area contributed by atoms with Crippen LogP contribution in [-0.2, 0) is 19.1 Å². The topological polar surface area (TPSA) is 82.5 Å². The van der Waals surface area contributed by atoms with E-state index in [9.17, 15) is 14.4 Å². The minimum absolute atomic E-state index is 0.00387. The maximum absolute atomic E-state index is 13.2. The highest BCUT2D eigenvalue weighted by Crippen LogP contribution is 2.45. The first-order valence-electron chi connectivity index (χ1n) is 11.5. The van der Waals surface area contributed by atoms with Crippen molar-refractivity contribution in [3.8, 4) is 0 Å². The first kappa shape index (κ1) is 24.1. The number of amides is 2. The average Bonchev–Trinajstić information content (AvgIpc) is 3.24. The van der Waals surface area contributed by atoms with Gasteiger partial charge >= 0.3 is 5.97 Å². The minimum atomic E-state index is -0.418. The van der Waals surface area contributed by atoms with Crippen molar-refractivity contribution in [2.24, 2.45) is 4.99 Å². The van der Waals surface area contributed by atoms with Crippen LogP contribution >= 0.6 is 11.8 Å². The summed E-state index contributed by atoms with van der Waals surface area (Å²) in [5.41, 5.74) is 4.06. The van der Waals surface area contributed by atoms with Crippen LogP contribution in [0.4, 0.5) is 0 Å². The van der Waals surface area contributed by atoms with Crippen LogP contribution in [0.25, 0.3) is 0 Å². The smallest absolute Gasteiger partial charge is 0.338 e. The molecule has 0 saturated carbocycles. The van der Waals surface area contributed by atoms with Crippen molar-refractivity contribution in [2.45, 2.75) is 39.7 Å². The molecule has 9 heteroatoms. The van der Waals surface area contributed by atoms with Crippen molar-refractivity contribution in [3.63, 3.8) is 0 Å². The number of thioether (sulfide) groups is 1. The van der Waals surface area contributed by atoms with Crippen molar-refractivity contribution in [2.75, 3.05) is 33.3 Å². The first-order chi connectivity index (χ1) is 16.3. The van der Waals surface area contributed by atoms with Crippen LogP contribution in [0, 0.1) is 6.92 Å². The number of carbonyl (C=O) groups excluding carboxylic acids is 3. The Labute approximate surface area is 204 Å². The number of aliphatic imine (C=N–C) groups is 1. The summed E-state index contributed by atoms with van der Waals surface area (Å²) in [4.78, 5) is 48.1. The number of ether oxygens (including phenoxy) is 1. The van der Waals surface area contributed by atoms with E-state index in [1.54, 1.807) is 16.7 Å². The summed E-state index contributed by atoms with van der Waals surface area (Å²) < 4.78 is 5.17. The van der Waals surface area contributed by atoms with Gasteiger partial charge in [-0.05, 0) is 24.3 Å². The van der Waals surface area contributed by atoms with Gasteiger partial charge in [-0.1, -0.05) is 48.5 Å². The molecule has 3 aliphatic heterocycles. The molecule has 0 radical (unpaired) electrons. The second-order valence-corrected chi connectivity index (χ2v) is 9.41. The fourth-order valence-electron chi connectivity index (χ4n) is 4.61. The number of piperazine rings is 1. The van der Waals surface area contributed by atoms with E-state index in [4.69, 9.17) is 9.73 Å². The number of hydrogen-bond donors (Lipinski definition) is 0. The number of amidine groups is 1. The molecule has 3 heterocycles. The number of esters is 1. The third kappa shape index (κ3) is 4.61. The summed E-state index contributed by atoms with van der Waals surface area (Å²) in [6.45, 7) is 7.69. The van der Waals surface area contributed by atoms with Gasteiger partial charge in [0.1, 0.15) is 0 Å². The number of hydrogen-bond acceptors (Lipinski definition) is 7. The highest BCUT2D eigenvalue weighted by Gasteiger charge is 2.41. The number of aryl methyl sites for hydroxylation is 1. The van der Waals surface area contributed by atoms with E-state index < -0.39 is 12.0 Å². The zero-order chi connectivity index (χ0) is 24.4. The van der Waals surface area contributed by atoms with Crippen LogP contribution < -0.4 is 0 Å². The zero-order valence-corrected chi connectivity index (χ0v) is 20.9. The summed E-state index contributed by atoms with van der Waals surface area (Å²) >= 11 is 1.47. The summed E-state index contributed by atoms with van der Waals surface area (Å²) in [7, 11) is 1.38. The Morgan fingerprint density at radius 2 is 1.85 bits per heavy atom. The quantitative estimate of drug-likeness (QED) is 0.600. The number of benzene rings is 1. The molecular weight excluding hydrogens is 452 g/mol. The van der Waals surface area contributed by atoms with E-state index in [2.05, 4.69) is 6.07 Å². The normalized spacial score (nSPS) is 20.1. The molecule has 180 valence electrons. The highest BCUT2D eigenvalue weighted by molar-refractivity contribution is 8.16. The van der Waals surface area contributed by atoms with Crippen molar-refractivity contribution in [1.29, 1.82) is 0 Å². The van der Waals surface area contributed by atoms with Gasteiger partial charge in [0.2, 0.25) is 11.8 Å². The van der Waals surface area contributed by atoms with E-state index in [-0.39, 0.29) is 18.2 Å². The van der Waals surface area contributed by atoms with Gasteiger partial charge in [0.15, 0.2) is 5.17 Å². The molecule has 34 heavy (non-hydrogen) atoms. The van der Waals surface area contributed by atoms with Crippen LogP contribution in [0.5, 0.6) is 0 Å². The molecule has 8 nitrogen and oxygen atoms in total. The molecule has 0 bridgehead atoms. The molecule has 1 saturated heterocycles. The maximum Gasteiger partial charge on any atom is 0.338 e. The van der Waals surface area contributed by atoms with Gasteiger partial charge in [-0.2, -0.15) is 0 Å². The van der Waals surface area contributed by atoms with Crippen molar-refractivity contribution in [3.05, 3.63) is 57.8 Å². The van der Waals surface area contributed by atoms with E-state index in [0.717, 1.165) is 22.0 Å². The van der Waals surface area contributed by atoms with Crippen molar-refractivity contribution >= 4 is 34.7 Å². The zero-order valence-electron chi connectivity index (χ0n) is 20.0. The molecule has 0 N–H and O–H groups in total. The average molecular weight is 483 g/mol. The number of rotatable bonds is 5. The summed E-state index contributed by atoms with van der Waals surface area (Å²) in [6, 6.07) is 7.64. The second kappa shape index (κ2) is 10.0. The van der Waals surface area contributed by atoms with Gasteiger partial charge in [0, 0.05) is 38.8 Å². The Balaban J connectivity index is 1.64. The van der Waals surface area contributed by atoms with Crippen LogP contribution in [-0.4, -0.2) is 70.9 Å². The number of nitrogens with zero attached hydrogens (tertiary/aromatic N) is 4. The standard InChI is InChI=1S/C25H30N4O4S/c1-5-20-22(24(32)33-4)23(18-8-6-7-16(2)13-18)29-19(15-34-25(29)26-20)14-21(31)28-11-9-27(10-12-28)17(3)30/h6-8,13,15,23H,5,9-12,14H2,1-4H3. The SMILES string of the molecule is CCC1=C(C(=O)OC)C(c2cccc(C)c2)N2C(CC(=O)N3CCN(C(C)=O)CC3)=CSC2=N1. The van der Waals surface area contributed by atoms with Gasteiger partial charge < -0.3 is 19.4 Å². The van der Waals surface area contributed by atoms with Gasteiger partial charge in [0.05, 0.1) is 30.8 Å². The van der Waals surface area contributed by atoms with Crippen LogP contribution in [0.1, 0.15) is 43.9 Å². The second-order valence-electron chi connectivity index (χ2n) is 8.58. The highest BCUT2D eigenvalue weighted by atomic mass is 32.2. The Hall–Kier alpha value is -3.07. The molecule has 0 spiro atoms. The van der Waals surface area contributed by atoms with E-state index >= 15 is 0 Å². The molecule has 0 aliphatic carbocycles. The fourth-order valence-corrected chi connectivity index (χ4v) is 5.54. The number of methoxy groups -OCH3 is 1. The molecule has 1 aromatic carbocycles. The third-order valence-electron chi connectivity index (χ3n) is 6.40. The Bertz CT molecular complexity index is 1100. The summed E-state index contributed by atoms with van der Waals surface area (Å²) in [5.74, 6) is -0.371. The molecule has 2 amide bonds. The molecule has 1 atom stereocenters. The Kier molecular flexibility index (Phi) is 7.11. The van der Waals surface area contributed by atoms with Crippen LogP contribution in [0.2, 0.25) is 0 Å². The van der Waals surface area contributed by atoms with E-state index in [0.29, 0.717) is 43.9 Å². The molecule has 4 rings (SSSR count). The number of allylic oxidation sites excluding steroid dienone is 1. The molecule has 0 aromatic heterocycles. The summed E-state index contributed by atoms with van der Waals surface area (Å²) in [6.07, 6.45) is 0.795. The number of fused-ring (bicyclic) bond motifs is 1. The van der Waals surface area contributed by atoms with Gasteiger partial charge in [-0.3, -0.25) is 9.59 Å². The Morgan fingerprint density at radius 3 is 2.47 bits per heavy atom. The summed E-state index contributed by atoms with van der Waals surface area (Å²) in [5, 5.41) is 2.72. The monoisotopic (exact) mass is 482 g/mol. The number of carbonyl (C=O) groups is 3. The predicted octanol–water partition coefficient (Wildman–Crippen LogP) is 3.21. The lowest BCUT2D eigenvalue weighted by Gasteiger charge is -2.38. The van der Waals surface area contributed by atoms with Crippen LogP contribution in [0.15, 0.2) is 51.6 Å². The van der Waals surface area contributed by atoms with Gasteiger partial charge in [0.25, 0.3) is 0 Å². The van der Waals surface area contributed by atoms with Crippen LogP contribution in [0.3, 0.4) is 0 Å². The van der Waals surface area contributed by atoms with Crippen molar-refractivity contribution in [1.82, 2.24) is 14.7 Å². The maximum atomic E-state index is 13.2. The third-order valence-corrected chi connectivity index (χ3v) is 7.29. The van der Waals surface area contributed by atoms with E-state index in [1.807, 2.05) is 42.4 Å².